The highest BCUT2D eigenvalue weighted by Gasteiger charge is 2.13. The van der Waals surface area contributed by atoms with Crippen molar-refractivity contribution in [3.8, 4) is 0 Å². The van der Waals surface area contributed by atoms with Crippen LogP contribution in [-0.4, -0.2) is 0 Å². The van der Waals surface area contributed by atoms with Gasteiger partial charge in [-0.1, -0.05) is 62.2 Å². The van der Waals surface area contributed by atoms with Crippen LogP contribution in [0, 0.1) is 6.92 Å². The molecule has 0 saturated heterocycles. The Hall–Kier alpha value is -0.640. The summed E-state index contributed by atoms with van der Waals surface area (Å²) < 4.78 is 2.08. The van der Waals surface area contributed by atoms with E-state index in [9.17, 15) is 0 Å². The van der Waals surface area contributed by atoms with Crippen molar-refractivity contribution in [1.29, 1.82) is 0 Å². The van der Waals surface area contributed by atoms with Crippen LogP contribution in [0.4, 0.5) is 0 Å². The molecule has 0 saturated carbocycles. The maximum absolute atomic E-state index is 6.32. The highest BCUT2D eigenvalue weighted by Crippen LogP contribution is 2.30. The molecule has 0 heterocycles. The molecule has 2 aromatic rings. The Labute approximate surface area is 118 Å². The number of aryl methyl sites for hydroxylation is 1. The first-order valence-corrected chi connectivity index (χ1v) is 6.94. The minimum atomic E-state index is -0.0984. The van der Waals surface area contributed by atoms with Crippen LogP contribution >= 0.6 is 31.9 Å². The first kappa shape index (κ1) is 12.8. The largest absolute Gasteiger partial charge is 0.320 e. The van der Waals surface area contributed by atoms with Crippen LogP contribution in [0.15, 0.2) is 51.4 Å². The van der Waals surface area contributed by atoms with E-state index in [4.69, 9.17) is 5.73 Å². The van der Waals surface area contributed by atoms with Crippen molar-refractivity contribution in [2.75, 3.05) is 0 Å². The smallest absolute Gasteiger partial charge is 0.0565 e. The van der Waals surface area contributed by atoms with E-state index in [1.54, 1.807) is 0 Å². The first-order valence-electron chi connectivity index (χ1n) is 5.35. The second-order valence-electron chi connectivity index (χ2n) is 4.00. The van der Waals surface area contributed by atoms with Crippen molar-refractivity contribution < 1.29 is 0 Å². The van der Waals surface area contributed by atoms with E-state index in [0.29, 0.717) is 0 Å². The minimum absolute atomic E-state index is 0.0984. The summed E-state index contributed by atoms with van der Waals surface area (Å²) in [6, 6.07) is 14.2. The molecule has 0 aliphatic rings. The van der Waals surface area contributed by atoms with E-state index < -0.39 is 0 Å². The van der Waals surface area contributed by atoms with E-state index in [2.05, 4.69) is 50.9 Å². The van der Waals surface area contributed by atoms with Gasteiger partial charge in [0.1, 0.15) is 0 Å². The third-order valence-electron chi connectivity index (χ3n) is 2.82. The van der Waals surface area contributed by atoms with Gasteiger partial charge in [0.05, 0.1) is 6.04 Å². The standard InChI is InChI=1S/C14H13Br2N/c1-9-4-2-3-5-11(9)14(17)12-7-6-10(15)8-13(12)16/h2-8,14H,17H2,1H3. The zero-order valence-electron chi connectivity index (χ0n) is 9.45. The number of hydrogen-bond acceptors (Lipinski definition) is 1. The Morgan fingerprint density at radius 2 is 1.71 bits per heavy atom. The molecule has 0 fully saturated rings. The van der Waals surface area contributed by atoms with Gasteiger partial charge in [-0.25, -0.2) is 0 Å². The van der Waals surface area contributed by atoms with Crippen molar-refractivity contribution in [3.63, 3.8) is 0 Å². The third-order valence-corrected chi connectivity index (χ3v) is 4.00. The number of halogens is 2. The predicted octanol–water partition coefficient (Wildman–Crippen LogP) is 4.57. The lowest BCUT2D eigenvalue weighted by molar-refractivity contribution is 0.856. The Kier molecular flexibility index (Phi) is 4.02. The topological polar surface area (TPSA) is 26.0 Å². The van der Waals surface area contributed by atoms with Crippen molar-refractivity contribution in [2.45, 2.75) is 13.0 Å². The molecule has 2 rings (SSSR count). The quantitative estimate of drug-likeness (QED) is 0.839. The molecule has 1 nitrogen and oxygen atoms in total. The fourth-order valence-electron chi connectivity index (χ4n) is 1.86. The lowest BCUT2D eigenvalue weighted by atomic mass is 9.96. The number of nitrogens with two attached hydrogens (primary N) is 1. The molecule has 0 aliphatic carbocycles. The average Bonchev–Trinajstić information content (AvgIpc) is 2.29. The molecule has 0 amide bonds. The molecule has 1 atom stereocenters. The van der Waals surface area contributed by atoms with Gasteiger partial charge in [0.15, 0.2) is 0 Å². The van der Waals surface area contributed by atoms with Gasteiger partial charge in [-0.3, -0.25) is 0 Å². The minimum Gasteiger partial charge on any atom is -0.320 e. The summed E-state index contributed by atoms with van der Waals surface area (Å²) in [5.41, 5.74) is 9.80. The van der Waals surface area contributed by atoms with Crippen LogP contribution in [0.5, 0.6) is 0 Å². The average molecular weight is 355 g/mol. The molecule has 1 unspecified atom stereocenters. The zero-order valence-corrected chi connectivity index (χ0v) is 12.6. The summed E-state index contributed by atoms with van der Waals surface area (Å²) in [6.07, 6.45) is 0. The Bertz CT molecular complexity index is 537. The Balaban J connectivity index is 2.44. The molecule has 88 valence electrons. The van der Waals surface area contributed by atoms with E-state index in [1.807, 2.05) is 30.3 Å². The third kappa shape index (κ3) is 2.79. The summed E-state index contributed by atoms with van der Waals surface area (Å²) in [7, 11) is 0. The molecule has 0 aliphatic heterocycles. The summed E-state index contributed by atoms with van der Waals surface area (Å²) >= 11 is 7.00. The fraction of sp³-hybridized carbons (Fsp3) is 0.143. The molecule has 3 heteroatoms. The summed E-state index contributed by atoms with van der Waals surface area (Å²) in [5.74, 6) is 0. The number of rotatable bonds is 2. The molecule has 2 N–H and O–H groups in total. The van der Waals surface area contributed by atoms with E-state index >= 15 is 0 Å². The van der Waals surface area contributed by atoms with Crippen molar-refractivity contribution in [3.05, 3.63) is 68.1 Å². The van der Waals surface area contributed by atoms with Gasteiger partial charge in [0.2, 0.25) is 0 Å². The zero-order chi connectivity index (χ0) is 12.4. The second kappa shape index (κ2) is 5.34. The second-order valence-corrected chi connectivity index (χ2v) is 5.77. The molecule has 0 spiro atoms. The first-order chi connectivity index (χ1) is 8.09. The number of hydrogen-bond donors (Lipinski definition) is 1. The van der Waals surface area contributed by atoms with Gasteiger partial charge in [0, 0.05) is 8.95 Å². The number of benzene rings is 2. The van der Waals surface area contributed by atoms with E-state index in [-0.39, 0.29) is 6.04 Å². The van der Waals surface area contributed by atoms with Crippen molar-refractivity contribution in [2.24, 2.45) is 5.73 Å². The molecular weight excluding hydrogens is 342 g/mol. The maximum atomic E-state index is 6.32. The van der Waals surface area contributed by atoms with Gasteiger partial charge < -0.3 is 5.73 Å². The van der Waals surface area contributed by atoms with E-state index in [1.165, 1.54) is 5.56 Å². The van der Waals surface area contributed by atoms with Gasteiger partial charge >= 0.3 is 0 Å². The van der Waals surface area contributed by atoms with E-state index in [0.717, 1.165) is 20.1 Å². The summed E-state index contributed by atoms with van der Waals surface area (Å²) in [5, 5.41) is 0. The van der Waals surface area contributed by atoms with Crippen molar-refractivity contribution in [1.82, 2.24) is 0 Å². The van der Waals surface area contributed by atoms with Crippen LogP contribution in [0.3, 0.4) is 0 Å². The molecule has 2 aromatic carbocycles. The van der Waals surface area contributed by atoms with Gasteiger partial charge in [-0.05, 0) is 35.7 Å². The van der Waals surface area contributed by atoms with Gasteiger partial charge in [0.25, 0.3) is 0 Å². The van der Waals surface area contributed by atoms with Gasteiger partial charge in [-0.2, -0.15) is 0 Å². The van der Waals surface area contributed by atoms with Crippen LogP contribution in [0.1, 0.15) is 22.7 Å². The Morgan fingerprint density at radius 1 is 1.00 bits per heavy atom. The fourth-order valence-corrected chi connectivity index (χ4v) is 3.15. The molecular formula is C14H13Br2N. The summed E-state index contributed by atoms with van der Waals surface area (Å²) in [4.78, 5) is 0. The Morgan fingerprint density at radius 3 is 2.35 bits per heavy atom. The highest BCUT2D eigenvalue weighted by molar-refractivity contribution is 9.11. The van der Waals surface area contributed by atoms with Crippen LogP contribution < -0.4 is 5.73 Å². The van der Waals surface area contributed by atoms with Gasteiger partial charge in [-0.15, -0.1) is 0 Å². The molecule has 17 heavy (non-hydrogen) atoms. The maximum Gasteiger partial charge on any atom is 0.0565 e. The predicted molar refractivity (Wildman–Crippen MR) is 79.1 cm³/mol. The normalized spacial score (nSPS) is 12.5. The van der Waals surface area contributed by atoms with Crippen LogP contribution in [-0.2, 0) is 0 Å². The highest BCUT2D eigenvalue weighted by atomic mass is 79.9. The van der Waals surface area contributed by atoms with Crippen LogP contribution in [0.2, 0.25) is 0 Å². The monoisotopic (exact) mass is 353 g/mol. The molecule has 0 radical (unpaired) electrons. The lowest BCUT2D eigenvalue weighted by Crippen LogP contribution is -2.13. The van der Waals surface area contributed by atoms with Crippen LogP contribution in [0.25, 0.3) is 0 Å². The molecule has 0 aromatic heterocycles. The SMILES string of the molecule is Cc1ccccc1C(N)c1ccc(Br)cc1Br. The summed E-state index contributed by atoms with van der Waals surface area (Å²) in [6.45, 7) is 2.09. The van der Waals surface area contributed by atoms with Crippen molar-refractivity contribution >= 4 is 31.9 Å². The lowest BCUT2D eigenvalue weighted by Gasteiger charge is -2.16. The molecule has 0 bridgehead atoms.